The maximum atomic E-state index is 11.8. The van der Waals surface area contributed by atoms with Crippen molar-refractivity contribution >= 4 is 40.8 Å². The molecule has 2 N–H and O–H groups in total. The van der Waals surface area contributed by atoms with Crippen molar-refractivity contribution in [2.75, 3.05) is 5.32 Å². The zero-order valence-electron chi connectivity index (χ0n) is 10.7. The molecule has 0 saturated heterocycles. The SMILES string of the molecule is CCC(C)CC(=O)Nc1c(Cl)ccc(Cl)c1C(=O)O. The van der Waals surface area contributed by atoms with Crippen LogP contribution in [0.3, 0.4) is 0 Å². The van der Waals surface area contributed by atoms with E-state index in [1.165, 1.54) is 12.1 Å². The van der Waals surface area contributed by atoms with Crippen molar-refractivity contribution in [1.82, 2.24) is 0 Å². The van der Waals surface area contributed by atoms with Gasteiger partial charge in [-0.15, -0.1) is 0 Å². The summed E-state index contributed by atoms with van der Waals surface area (Å²) in [5, 5.41) is 11.8. The van der Waals surface area contributed by atoms with E-state index in [0.29, 0.717) is 6.42 Å². The Morgan fingerprint density at radius 3 is 2.42 bits per heavy atom. The average Bonchev–Trinajstić information content (AvgIpc) is 2.33. The second kappa shape index (κ2) is 6.78. The smallest absolute Gasteiger partial charge is 0.339 e. The van der Waals surface area contributed by atoms with Crippen molar-refractivity contribution in [3.63, 3.8) is 0 Å². The first kappa shape index (κ1) is 15.8. The van der Waals surface area contributed by atoms with Gasteiger partial charge in [-0.05, 0) is 18.1 Å². The molecule has 1 atom stereocenters. The molecule has 0 bridgehead atoms. The number of carboxylic acid groups (broad SMARTS) is 1. The van der Waals surface area contributed by atoms with Gasteiger partial charge in [0.15, 0.2) is 0 Å². The number of aromatic carboxylic acids is 1. The molecule has 0 aromatic heterocycles. The van der Waals surface area contributed by atoms with Gasteiger partial charge in [0.25, 0.3) is 0 Å². The molecule has 19 heavy (non-hydrogen) atoms. The van der Waals surface area contributed by atoms with Crippen molar-refractivity contribution in [3.05, 3.63) is 27.7 Å². The predicted octanol–water partition coefficient (Wildman–Crippen LogP) is 4.07. The fraction of sp³-hybridized carbons (Fsp3) is 0.385. The molecule has 104 valence electrons. The van der Waals surface area contributed by atoms with Gasteiger partial charge in [-0.25, -0.2) is 4.79 Å². The molecule has 1 aromatic carbocycles. The Morgan fingerprint density at radius 1 is 1.32 bits per heavy atom. The van der Waals surface area contributed by atoms with Crippen LogP contribution < -0.4 is 5.32 Å². The normalized spacial score (nSPS) is 12.0. The van der Waals surface area contributed by atoms with E-state index in [4.69, 9.17) is 28.3 Å². The molecule has 0 saturated carbocycles. The highest BCUT2D eigenvalue weighted by Gasteiger charge is 2.20. The molecule has 1 aromatic rings. The molecular formula is C13H15Cl2NO3. The third kappa shape index (κ3) is 4.11. The maximum Gasteiger partial charge on any atom is 0.339 e. The summed E-state index contributed by atoms with van der Waals surface area (Å²) in [5.74, 6) is -1.29. The van der Waals surface area contributed by atoms with Gasteiger partial charge in [0.05, 0.1) is 15.7 Å². The predicted molar refractivity (Wildman–Crippen MR) is 76.1 cm³/mol. The quantitative estimate of drug-likeness (QED) is 0.862. The van der Waals surface area contributed by atoms with Crippen LogP contribution in [0.5, 0.6) is 0 Å². The van der Waals surface area contributed by atoms with Crippen molar-refractivity contribution in [2.45, 2.75) is 26.7 Å². The average molecular weight is 304 g/mol. The number of anilines is 1. The van der Waals surface area contributed by atoms with Crippen molar-refractivity contribution in [3.8, 4) is 0 Å². The molecule has 0 aliphatic rings. The zero-order valence-corrected chi connectivity index (χ0v) is 12.2. The Kier molecular flexibility index (Phi) is 5.63. The monoisotopic (exact) mass is 303 g/mol. The van der Waals surface area contributed by atoms with Crippen LogP contribution in [0.4, 0.5) is 5.69 Å². The van der Waals surface area contributed by atoms with Crippen molar-refractivity contribution < 1.29 is 14.7 Å². The Balaban J connectivity index is 3.03. The fourth-order valence-corrected chi connectivity index (χ4v) is 1.98. The summed E-state index contributed by atoms with van der Waals surface area (Å²) in [6, 6.07) is 2.84. The van der Waals surface area contributed by atoms with Crippen molar-refractivity contribution in [2.24, 2.45) is 5.92 Å². The molecule has 0 aliphatic heterocycles. The minimum Gasteiger partial charge on any atom is -0.478 e. The van der Waals surface area contributed by atoms with E-state index in [9.17, 15) is 9.59 Å². The van der Waals surface area contributed by atoms with Gasteiger partial charge in [0.1, 0.15) is 5.56 Å². The Hall–Kier alpha value is -1.26. The van der Waals surface area contributed by atoms with Crippen LogP contribution in [-0.2, 0) is 4.79 Å². The lowest BCUT2D eigenvalue weighted by atomic mass is 10.0. The summed E-state index contributed by atoms with van der Waals surface area (Å²) >= 11 is 11.7. The zero-order chi connectivity index (χ0) is 14.6. The minimum absolute atomic E-state index is 0.0377. The molecule has 0 spiro atoms. The molecule has 1 rings (SSSR count). The molecule has 0 aliphatic carbocycles. The Labute approximate surface area is 121 Å². The van der Waals surface area contributed by atoms with Crippen LogP contribution >= 0.6 is 23.2 Å². The van der Waals surface area contributed by atoms with Gasteiger partial charge < -0.3 is 10.4 Å². The number of benzene rings is 1. The third-order valence-electron chi connectivity index (χ3n) is 2.81. The molecule has 1 amide bonds. The topological polar surface area (TPSA) is 66.4 Å². The third-order valence-corrected chi connectivity index (χ3v) is 3.44. The van der Waals surface area contributed by atoms with Crippen LogP contribution in [0.15, 0.2) is 12.1 Å². The number of carboxylic acids is 1. The number of nitrogens with one attached hydrogen (secondary N) is 1. The Morgan fingerprint density at radius 2 is 1.89 bits per heavy atom. The highest BCUT2D eigenvalue weighted by atomic mass is 35.5. The Bertz CT molecular complexity index is 503. The van der Waals surface area contributed by atoms with Crippen LogP contribution in [0.2, 0.25) is 10.0 Å². The highest BCUT2D eigenvalue weighted by molar-refractivity contribution is 6.38. The first-order valence-corrected chi connectivity index (χ1v) is 6.63. The lowest BCUT2D eigenvalue weighted by Gasteiger charge is -2.13. The molecule has 0 fully saturated rings. The first-order chi connectivity index (χ1) is 8.86. The molecule has 1 unspecified atom stereocenters. The van der Waals surface area contributed by atoms with Gasteiger partial charge >= 0.3 is 5.97 Å². The maximum absolute atomic E-state index is 11.8. The summed E-state index contributed by atoms with van der Waals surface area (Å²) in [7, 11) is 0. The summed E-state index contributed by atoms with van der Waals surface area (Å²) in [6.07, 6.45) is 1.17. The number of halogens is 2. The summed E-state index contributed by atoms with van der Waals surface area (Å²) in [5.41, 5.74) is -0.137. The van der Waals surface area contributed by atoms with Gasteiger partial charge in [-0.3, -0.25) is 4.79 Å². The second-order valence-corrected chi connectivity index (χ2v) is 5.16. The largest absolute Gasteiger partial charge is 0.478 e. The van der Waals surface area contributed by atoms with Crippen molar-refractivity contribution in [1.29, 1.82) is 0 Å². The van der Waals surface area contributed by atoms with Gasteiger partial charge in [0, 0.05) is 6.42 Å². The minimum atomic E-state index is -1.23. The van der Waals surface area contributed by atoms with Crippen LogP contribution in [0.25, 0.3) is 0 Å². The van der Waals surface area contributed by atoms with E-state index < -0.39 is 5.97 Å². The van der Waals surface area contributed by atoms with E-state index >= 15 is 0 Å². The first-order valence-electron chi connectivity index (χ1n) is 5.88. The number of rotatable bonds is 5. The van der Waals surface area contributed by atoms with E-state index in [2.05, 4.69) is 5.32 Å². The molecule has 6 heteroatoms. The lowest BCUT2D eigenvalue weighted by Crippen LogP contribution is -2.17. The highest BCUT2D eigenvalue weighted by Crippen LogP contribution is 2.32. The number of carbonyl (C=O) groups excluding carboxylic acids is 1. The standard InChI is InChI=1S/C13H15Cl2NO3/c1-3-7(2)6-10(17)16-12-9(15)5-4-8(14)11(12)13(18)19/h4-5,7H,3,6H2,1-2H3,(H,16,17)(H,18,19). The van der Waals surface area contributed by atoms with Crippen LogP contribution in [-0.4, -0.2) is 17.0 Å². The molecule has 4 nitrogen and oxygen atoms in total. The van der Waals surface area contributed by atoms with Gasteiger partial charge in [-0.1, -0.05) is 43.5 Å². The van der Waals surface area contributed by atoms with Gasteiger partial charge in [-0.2, -0.15) is 0 Å². The van der Waals surface area contributed by atoms with E-state index in [1.54, 1.807) is 0 Å². The number of hydrogen-bond donors (Lipinski definition) is 2. The fourth-order valence-electron chi connectivity index (χ4n) is 1.53. The summed E-state index contributed by atoms with van der Waals surface area (Å²) in [4.78, 5) is 23.0. The van der Waals surface area contributed by atoms with E-state index in [-0.39, 0.29) is 33.1 Å². The summed E-state index contributed by atoms with van der Waals surface area (Å²) in [6.45, 7) is 3.92. The number of hydrogen-bond acceptors (Lipinski definition) is 2. The summed E-state index contributed by atoms with van der Waals surface area (Å²) < 4.78 is 0. The van der Waals surface area contributed by atoms with E-state index in [1.807, 2.05) is 13.8 Å². The lowest BCUT2D eigenvalue weighted by molar-refractivity contribution is -0.117. The molecular weight excluding hydrogens is 289 g/mol. The number of amides is 1. The van der Waals surface area contributed by atoms with E-state index in [0.717, 1.165) is 6.42 Å². The second-order valence-electron chi connectivity index (χ2n) is 4.35. The van der Waals surface area contributed by atoms with Crippen LogP contribution in [0.1, 0.15) is 37.0 Å². The molecule has 0 heterocycles. The van der Waals surface area contributed by atoms with Crippen LogP contribution in [0, 0.1) is 5.92 Å². The molecule has 0 radical (unpaired) electrons. The van der Waals surface area contributed by atoms with Gasteiger partial charge in [0.2, 0.25) is 5.91 Å². The number of carbonyl (C=O) groups is 2.